The summed E-state index contributed by atoms with van der Waals surface area (Å²) in [5.41, 5.74) is 3.25. The molecule has 10 heteroatoms. The highest BCUT2D eigenvalue weighted by molar-refractivity contribution is 9.10. The second-order valence-electron chi connectivity index (χ2n) is 10.6. The second kappa shape index (κ2) is 9.97. The highest BCUT2D eigenvalue weighted by atomic mass is 79.9. The number of ether oxygens (including phenoxy) is 2. The number of fused-ring (bicyclic) bond motifs is 1. The molecular formula is C26H33BrN6O3. The Bertz CT molecular complexity index is 1250. The van der Waals surface area contributed by atoms with E-state index in [1.54, 1.807) is 4.90 Å². The van der Waals surface area contributed by atoms with Crippen LogP contribution < -0.4 is 4.90 Å². The lowest BCUT2D eigenvalue weighted by Gasteiger charge is -2.28. The molecule has 2 aliphatic heterocycles. The maximum absolute atomic E-state index is 12.6. The number of nitrogens with zero attached hydrogens (tertiary/aromatic N) is 6. The van der Waals surface area contributed by atoms with Gasteiger partial charge in [0.25, 0.3) is 0 Å². The molecule has 3 aromatic rings. The Labute approximate surface area is 219 Å². The van der Waals surface area contributed by atoms with Crippen LogP contribution in [0.15, 0.2) is 35.3 Å². The summed E-state index contributed by atoms with van der Waals surface area (Å²) in [5, 5.41) is 6.00. The van der Waals surface area contributed by atoms with Crippen LogP contribution in [0.4, 0.5) is 10.5 Å². The molecule has 2 saturated heterocycles. The Kier molecular flexibility index (Phi) is 6.91. The average molecular weight is 557 g/mol. The van der Waals surface area contributed by atoms with Gasteiger partial charge < -0.3 is 19.3 Å². The zero-order chi connectivity index (χ0) is 25.4. The molecule has 0 N–H and O–H groups in total. The fraction of sp³-hybridized carbons (Fsp3) is 0.538. The van der Waals surface area contributed by atoms with Crippen molar-refractivity contribution in [3.8, 4) is 11.3 Å². The molecule has 5 rings (SSSR count). The van der Waals surface area contributed by atoms with Gasteiger partial charge in [-0.25, -0.2) is 14.5 Å². The highest BCUT2D eigenvalue weighted by Gasteiger charge is 2.31. The number of anilines is 1. The van der Waals surface area contributed by atoms with Gasteiger partial charge >= 0.3 is 6.09 Å². The molecule has 2 fully saturated rings. The molecule has 3 aromatic heterocycles. The number of amides is 1. The molecule has 5 heterocycles. The van der Waals surface area contributed by atoms with Crippen LogP contribution in [-0.4, -0.2) is 69.1 Å². The van der Waals surface area contributed by atoms with Crippen LogP contribution in [0.25, 0.3) is 22.2 Å². The second-order valence-corrected chi connectivity index (χ2v) is 11.4. The van der Waals surface area contributed by atoms with Crippen LogP contribution >= 0.6 is 15.9 Å². The quantitative estimate of drug-likeness (QED) is 0.397. The summed E-state index contributed by atoms with van der Waals surface area (Å²) in [7, 11) is 1.81. The van der Waals surface area contributed by atoms with Crippen LogP contribution in [-0.2, 0) is 9.47 Å². The number of rotatable bonds is 4. The van der Waals surface area contributed by atoms with Gasteiger partial charge in [0.1, 0.15) is 15.9 Å². The van der Waals surface area contributed by atoms with Gasteiger partial charge in [-0.15, -0.1) is 0 Å². The molecule has 0 radical (unpaired) electrons. The van der Waals surface area contributed by atoms with Gasteiger partial charge in [-0.3, -0.25) is 4.98 Å². The van der Waals surface area contributed by atoms with E-state index in [4.69, 9.17) is 14.6 Å². The lowest BCUT2D eigenvalue weighted by Crippen LogP contribution is -2.42. The number of hydrogen-bond donors (Lipinski definition) is 0. The van der Waals surface area contributed by atoms with Crippen molar-refractivity contribution in [1.29, 1.82) is 0 Å². The van der Waals surface area contributed by atoms with Crippen LogP contribution in [0.1, 0.15) is 52.7 Å². The minimum atomic E-state index is -0.513. The van der Waals surface area contributed by atoms with E-state index in [-0.39, 0.29) is 18.4 Å². The van der Waals surface area contributed by atoms with Gasteiger partial charge in [-0.2, -0.15) is 5.10 Å². The van der Waals surface area contributed by atoms with E-state index in [0.29, 0.717) is 0 Å². The molecule has 0 bridgehead atoms. The molecule has 0 saturated carbocycles. The summed E-state index contributed by atoms with van der Waals surface area (Å²) < 4.78 is 14.3. The zero-order valence-corrected chi connectivity index (χ0v) is 22.9. The van der Waals surface area contributed by atoms with Crippen molar-refractivity contribution in [2.75, 3.05) is 31.6 Å². The van der Waals surface area contributed by atoms with E-state index in [1.165, 1.54) is 0 Å². The van der Waals surface area contributed by atoms with Gasteiger partial charge in [0.05, 0.1) is 29.6 Å². The molecule has 1 amide bonds. The predicted molar refractivity (Wildman–Crippen MR) is 142 cm³/mol. The number of halogens is 1. The van der Waals surface area contributed by atoms with E-state index < -0.39 is 5.60 Å². The summed E-state index contributed by atoms with van der Waals surface area (Å²) in [6.45, 7) is 7.96. The standard InChI is InChI=1S/C26H33BrN6O3/c1-26(2,3)36-25(34)31(4)18-8-9-32(16-18)19-11-17(13-28-14-19)24-20-12-22(27)29-15-21(20)33(30-24)23-7-5-6-10-35-23/h11-15,18,23H,5-10,16H2,1-4H3/t18-,23?/m1/s1. The fourth-order valence-corrected chi connectivity index (χ4v) is 5.20. The lowest BCUT2D eigenvalue weighted by atomic mass is 10.1. The predicted octanol–water partition coefficient (Wildman–Crippen LogP) is 5.40. The van der Waals surface area contributed by atoms with Gasteiger partial charge in [0.15, 0.2) is 6.23 Å². The largest absolute Gasteiger partial charge is 0.444 e. The molecule has 9 nitrogen and oxygen atoms in total. The van der Waals surface area contributed by atoms with Crippen molar-refractivity contribution >= 4 is 38.6 Å². The summed E-state index contributed by atoms with van der Waals surface area (Å²) in [6.07, 6.45) is 9.21. The van der Waals surface area contributed by atoms with Gasteiger partial charge in [-0.1, -0.05) is 0 Å². The number of likely N-dealkylation sites (N-methyl/N-ethyl adjacent to an activating group) is 1. The first-order valence-electron chi connectivity index (χ1n) is 12.5. The fourth-order valence-electron chi connectivity index (χ4n) is 4.87. The van der Waals surface area contributed by atoms with Crippen molar-refractivity contribution < 1.29 is 14.3 Å². The Balaban J connectivity index is 1.40. The molecule has 0 spiro atoms. The number of carbonyl (C=O) groups excluding carboxylic acids is 1. The van der Waals surface area contributed by atoms with Crippen molar-refractivity contribution in [3.05, 3.63) is 35.3 Å². The van der Waals surface area contributed by atoms with E-state index in [0.717, 1.165) is 77.8 Å². The molecule has 1 unspecified atom stereocenters. The Hall–Kier alpha value is -2.72. The smallest absolute Gasteiger partial charge is 0.410 e. The zero-order valence-electron chi connectivity index (χ0n) is 21.3. The van der Waals surface area contributed by atoms with E-state index in [9.17, 15) is 4.79 Å². The average Bonchev–Trinajstić information content (AvgIpc) is 3.48. The summed E-state index contributed by atoms with van der Waals surface area (Å²) in [6, 6.07) is 4.21. The summed E-state index contributed by atoms with van der Waals surface area (Å²) in [5.74, 6) is 0. The topological polar surface area (TPSA) is 85.6 Å². The monoisotopic (exact) mass is 556 g/mol. The lowest BCUT2D eigenvalue weighted by molar-refractivity contribution is -0.0365. The van der Waals surface area contributed by atoms with E-state index in [2.05, 4.69) is 36.9 Å². The van der Waals surface area contributed by atoms with Crippen molar-refractivity contribution in [3.63, 3.8) is 0 Å². The minimum Gasteiger partial charge on any atom is -0.444 e. The summed E-state index contributed by atoms with van der Waals surface area (Å²) in [4.78, 5) is 25.5. The normalized spacial score (nSPS) is 20.6. The molecule has 0 aliphatic carbocycles. The first-order valence-corrected chi connectivity index (χ1v) is 13.3. The number of pyridine rings is 2. The molecule has 2 atom stereocenters. The highest BCUT2D eigenvalue weighted by Crippen LogP contribution is 2.35. The Morgan fingerprint density at radius 3 is 2.78 bits per heavy atom. The third-order valence-electron chi connectivity index (χ3n) is 6.74. The maximum Gasteiger partial charge on any atom is 0.410 e. The molecule has 192 valence electrons. The minimum absolute atomic E-state index is 0.0778. The van der Waals surface area contributed by atoms with E-state index in [1.807, 2.05) is 57.2 Å². The third kappa shape index (κ3) is 5.20. The SMILES string of the molecule is CN(C(=O)OC(C)(C)C)[C@@H]1CCN(c2cncc(-c3nn(C4CCCCO4)c4cnc(Br)cc34)c2)C1. The third-order valence-corrected chi connectivity index (χ3v) is 7.18. The Morgan fingerprint density at radius 1 is 1.19 bits per heavy atom. The molecular weight excluding hydrogens is 524 g/mol. The van der Waals surface area contributed by atoms with Gasteiger partial charge in [-0.05, 0) is 74.5 Å². The Morgan fingerprint density at radius 2 is 2.03 bits per heavy atom. The molecule has 0 aromatic carbocycles. The van der Waals surface area contributed by atoms with Crippen molar-refractivity contribution in [2.45, 2.75) is 64.3 Å². The summed E-state index contributed by atoms with van der Waals surface area (Å²) >= 11 is 3.52. The first-order chi connectivity index (χ1) is 17.2. The van der Waals surface area contributed by atoms with Crippen molar-refractivity contribution in [2.24, 2.45) is 0 Å². The van der Waals surface area contributed by atoms with Crippen LogP contribution in [0.2, 0.25) is 0 Å². The van der Waals surface area contributed by atoms with E-state index >= 15 is 0 Å². The first kappa shape index (κ1) is 25.0. The van der Waals surface area contributed by atoms with Gasteiger partial charge in [0.2, 0.25) is 0 Å². The van der Waals surface area contributed by atoms with Crippen molar-refractivity contribution in [1.82, 2.24) is 24.6 Å². The number of carbonyl (C=O) groups is 1. The molecule has 36 heavy (non-hydrogen) atoms. The maximum atomic E-state index is 12.6. The number of hydrogen-bond acceptors (Lipinski definition) is 7. The van der Waals surface area contributed by atoms with Gasteiger partial charge in [0, 0.05) is 43.9 Å². The van der Waals surface area contributed by atoms with Crippen LogP contribution in [0.5, 0.6) is 0 Å². The molecule has 2 aliphatic rings. The van der Waals surface area contributed by atoms with Crippen LogP contribution in [0.3, 0.4) is 0 Å². The van der Waals surface area contributed by atoms with Crippen LogP contribution in [0, 0.1) is 0 Å². The number of aromatic nitrogens is 4.